The van der Waals surface area contributed by atoms with E-state index in [-0.39, 0.29) is 0 Å². The van der Waals surface area contributed by atoms with Gasteiger partial charge in [-0.2, -0.15) is 0 Å². The third kappa shape index (κ3) is 3.69. The highest BCUT2D eigenvalue weighted by Gasteiger charge is 2.11. The summed E-state index contributed by atoms with van der Waals surface area (Å²) >= 11 is 2.92. The van der Waals surface area contributed by atoms with Crippen molar-refractivity contribution in [3.05, 3.63) is 80.7 Å². The molecule has 3 rings (SSSR count). The molecule has 0 saturated heterocycles. The number of hydrogen-bond acceptors (Lipinski definition) is 5. The minimum atomic E-state index is -0.419. The van der Waals surface area contributed by atoms with Gasteiger partial charge in [-0.3, -0.25) is 0 Å². The number of thiophene rings is 2. The van der Waals surface area contributed by atoms with Crippen molar-refractivity contribution in [3.63, 3.8) is 0 Å². The molecule has 0 aliphatic rings. The molecule has 0 bridgehead atoms. The molecule has 0 unspecified atom stereocenters. The zero-order chi connectivity index (χ0) is 15.2. The minimum Gasteiger partial charge on any atom is -0.312 e. The Hall–Kier alpha value is -2.24. The fourth-order valence-corrected chi connectivity index (χ4v) is 3.23. The molecule has 0 aliphatic heterocycles. The van der Waals surface area contributed by atoms with Gasteiger partial charge >= 0.3 is 5.97 Å². The third-order valence-electron chi connectivity index (χ3n) is 2.98. The van der Waals surface area contributed by atoms with Crippen molar-refractivity contribution in [2.45, 2.75) is 6.42 Å². The third-order valence-corrected chi connectivity index (χ3v) is 4.75. The Morgan fingerprint density at radius 3 is 2.23 bits per heavy atom. The molecular formula is C17H13NO2S2. The number of hydrogen-bond donors (Lipinski definition) is 0. The smallest absolute Gasteiger partial charge is 0.312 e. The molecule has 5 heteroatoms. The summed E-state index contributed by atoms with van der Waals surface area (Å²) in [6.07, 6.45) is 0.624. The summed E-state index contributed by atoms with van der Waals surface area (Å²) in [5.41, 5.74) is 1.88. The van der Waals surface area contributed by atoms with E-state index in [1.807, 2.05) is 59.3 Å². The van der Waals surface area contributed by atoms with Crippen LogP contribution in [-0.2, 0) is 11.3 Å². The van der Waals surface area contributed by atoms with E-state index in [0.717, 1.165) is 16.2 Å². The molecule has 0 aliphatic carbocycles. The maximum Gasteiger partial charge on any atom is 0.375 e. The molecule has 110 valence electrons. The van der Waals surface area contributed by atoms with Gasteiger partial charge in [-0.15, -0.1) is 22.7 Å². The van der Waals surface area contributed by atoms with Gasteiger partial charge < -0.3 is 4.84 Å². The largest absolute Gasteiger partial charge is 0.375 e. The molecule has 0 N–H and O–H groups in total. The van der Waals surface area contributed by atoms with Gasteiger partial charge in [-0.1, -0.05) is 47.6 Å². The quantitative estimate of drug-likeness (QED) is 0.390. The second-order valence-corrected chi connectivity index (χ2v) is 6.43. The standard InChI is InChI=1S/C17H13NO2S2/c19-17(16-9-5-11-22-16)20-18-14(15-8-4-10-21-15)12-13-6-2-1-3-7-13/h1-11H,12H2/b18-14-. The zero-order valence-electron chi connectivity index (χ0n) is 11.6. The average molecular weight is 327 g/mol. The van der Waals surface area contributed by atoms with Gasteiger partial charge in [0.2, 0.25) is 0 Å². The summed E-state index contributed by atoms with van der Waals surface area (Å²) in [6.45, 7) is 0. The van der Waals surface area contributed by atoms with Gasteiger partial charge in [-0.25, -0.2) is 4.79 Å². The maximum atomic E-state index is 11.9. The lowest BCUT2D eigenvalue weighted by atomic mass is 10.1. The summed E-state index contributed by atoms with van der Waals surface area (Å²) in [4.78, 5) is 18.6. The van der Waals surface area contributed by atoms with E-state index < -0.39 is 5.97 Å². The van der Waals surface area contributed by atoms with Crippen LogP contribution in [0.4, 0.5) is 0 Å². The molecule has 0 amide bonds. The Kier molecular flexibility index (Phi) is 4.78. The summed E-state index contributed by atoms with van der Waals surface area (Å²) in [6, 6.07) is 17.5. The molecule has 0 fully saturated rings. The second kappa shape index (κ2) is 7.15. The van der Waals surface area contributed by atoms with Crippen LogP contribution in [-0.4, -0.2) is 11.7 Å². The Labute approximate surface area is 136 Å². The lowest BCUT2D eigenvalue weighted by molar-refractivity contribution is 0.0522. The highest BCUT2D eigenvalue weighted by Crippen LogP contribution is 2.16. The van der Waals surface area contributed by atoms with Crippen LogP contribution in [0, 0.1) is 0 Å². The first-order valence-corrected chi connectivity index (χ1v) is 8.48. The Morgan fingerprint density at radius 2 is 1.59 bits per heavy atom. The van der Waals surface area contributed by atoms with Crippen LogP contribution < -0.4 is 0 Å². The van der Waals surface area contributed by atoms with Gasteiger partial charge in [0.25, 0.3) is 0 Å². The van der Waals surface area contributed by atoms with Crippen LogP contribution in [0.1, 0.15) is 20.1 Å². The lowest BCUT2D eigenvalue weighted by Gasteiger charge is -2.04. The Bertz CT molecular complexity index is 747. The van der Waals surface area contributed by atoms with Crippen LogP contribution in [0.3, 0.4) is 0 Å². The van der Waals surface area contributed by atoms with E-state index in [4.69, 9.17) is 4.84 Å². The van der Waals surface area contributed by atoms with E-state index in [1.165, 1.54) is 11.3 Å². The van der Waals surface area contributed by atoms with Crippen LogP contribution in [0.2, 0.25) is 0 Å². The van der Waals surface area contributed by atoms with E-state index in [0.29, 0.717) is 11.3 Å². The fourth-order valence-electron chi connectivity index (χ4n) is 1.93. The normalized spacial score (nSPS) is 11.4. The van der Waals surface area contributed by atoms with Crippen LogP contribution in [0.25, 0.3) is 0 Å². The van der Waals surface area contributed by atoms with Crippen molar-refractivity contribution in [2.24, 2.45) is 5.16 Å². The minimum absolute atomic E-state index is 0.419. The average Bonchev–Trinajstić information content (AvgIpc) is 3.24. The van der Waals surface area contributed by atoms with Gasteiger partial charge in [0.05, 0.1) is 4.88 Å². The molecule has 3 nitrogen and oxygen atoms in total. The van der Waals surface area contributed by atoms with Crippen LogP contribution in [0.5, 0.6) is 0 Å². The van der Waals surface area contributed by atoms with Gasteiger partial charge in [0, 0.05) is 6.42 Å². The second-order valence-electron chi connectivity index (χ2n) is 4.53. The summed E-state index contributed by atoms with van der Waals surface area (Å²) < 4.78 is 0. The molecule has 2 heterocycles. The first-order valence-electron chi connectivity index (χ1n) is 6.72. The predicted octanol–water partition coefficient (Wildman–Crippen LogP) is 4.61. The predicted molar refractivity (Wildman–Crippen MR) is 90.7 cm³/mol. The summed E-state index contributed by atoms with van der Waals surface area (Å²) in [7, 11) is 0. The van der Waals surface area contributed by atoms with Gasteiger partial charge in [-0.05, 0) is 28.5 Å². The highest BCUT2D eigenvalue weighted by atomic mass is 32.1. The summed E-state index contributed by atoms with van der Waals surface area (Å²) in [5, 5.41) is 7.92. The van der Waals surface area contributed by atoms with E-state index >= 15 is 0 Å². The van der Waals surface area contributed by atoms with Crippen molar-refractivity contribution in [3.8, 4) is 0 Å². The molecule has 1 aromatic carbocycles. The lowest BCUT2D eigenvalue weighted by Crippen LogP contribution is -2.07. The number of carbonyl (C=O) groups excluding carboxylic acids is 1. The van der Waals surface area contributed by atoms with E-state index in [9.17, 15) is 4.79 Å². The van der Waals surface area contributed by atoms with Crippen LogP contribution >= 0.6 is 22.7 Å². The number of benzene rings is 1. The molecule has 0 saturated carbocycles. The molecule has 0 spiro atoms. The van der Waals surface area contributed by atoms with Crippen LogP contribution in [0.15, 0.2) is 70.5 Å². The topological polar surface area (TPSA) is 38.7 Å². The molecule has 22 heavy (non-hydrogen) atoms. The van der Waals surface area contributed by atoms with E-state index in [2.05, 4.69) is 5.16 Å². The molecule has 0 atom stereocenters. The number of carbonyl (C=O) groups is 1. The Balaban J connectivity index is 1.79. The number of nitrogens with zero attached hydrogens (tertiary/aromatic N) is 1. The number of rotatable bonds is 5. The monoisotopic (exact) mass is 327 g/mol. The van der Waals surface area contributed by atoms with Crippen molar-refractivity contribution in [1.82, 2.24) is 0 Å². The first kappa shape index (κ1) is 14.7. The number of oxime groups is 1. The molecule has 0 radical (unpaired) electrons. The van der Waals surface area contributed by atoms with Gasteiger partial charge in [0.15, 0.2) is 0 Å². The van der Waals surface area contributed by atoms with Crippen molar-refractivity contribution < 1.29 is 9.63 Å². The highest BCUT2D eigenvalue weighted by molar-refractivity contribution is 7.12. The zero-order valence-corrected chi connectivity index (χ0v) is 13.3. The van der Waals surface area contributed by atoms with Crippen molar-refractivity contribution in [1.29, 1.82) is 0 Å². The van der Waals surface area contributed by atoms with Gasteiger partial charge in [0.1, 0.15) is 10.6 Å². The summed E-state index contributed by atoms with van der Waals surface area (Å²) in [5.74, 6) is -0.419. The first-order chi connectivity index (χ1) is 10.8. The molecular weight excluding hydrogens is 314 g/mol. The molecule has 3 aromatic rings. The molecule has 2 aromatic heterocycles. The van der Waals surface area contributed by atoms with Crippen molar-refractivity contribution in [2.75, 3.05) is 0 Å². The SMILES string of the molecule is O=C(O/N=C(/Cc1ccccc1)c1cccs1)c1cccs1. The van der Waals surface area contributed by atoms with Crippen molar-refractivity contribution >= 4 is 34.4 Å². The Morgan fingerprint density at radius 1 is 0.909 bits per heavy atom. The fraction of sp³-hybridized carbons (Fsp3) is 0.0588. The van der Waals surface area contributed by atoms with E-state index in [1.54, 1.807) is 17.4 Å². The maximum absolute atomic E-state index is 11.9.